The van der Waals surface area contributed by atoms with Gasteiger partial charge in [-0.15, -0.1) is 0 Å². The lowest BCUT2D eigenvalue weighted by atomic mass is 10.00. The second-order valence-corrected chi connectivity index (χ2v) is 12.4. The fraction of sp³-hybridized carbons (Fsp3) is 1.00. The van der Waals surface area contributed by atoms with Gasteiger partial charge in [-0.3, -0.25) is 0 Å². The Morgan fingerprint density at radius 1 is 0.194 bits per heavy atom. The summed E-state index contributed by atoms with van der Waals surface area (Å²) in [6.07, 6.45) is 43.0. The Kier molecular flexibility index (Phi) is 26.3. The Morgan fingerprint density at radius 2 is 0.306 bits per heavy atom. The van der Waals surface area contributed by atoms with Crippen LogP contribution in [0.25, 0.3) is 0 Å². The summed E-state index contributed by atoms with van der Waals surface area (Å²) in [5.41, 5.74) is 0. The number of aliphatic hydroxyl groups excluding tert-OH is 2. The van der Waals surface area contributed by atoms with Crippen LogP contribution in [0.5, 0.6) is 0 Å². The Balaban J connectivity index is 0.000000381. The molecule has 0 heterocycles. The van der Waals surface area contributed by atoms with Crippen LogP contribution in [-0.4, -0.2) is 22.4 Å². The minimum Gasteiger partial charge on any atom is -0.393 e. The maximum absolute atomic E-state index is 9.97. The van der Waals surface area contributed by atoms with Crippen molar-refractivity contribution in [2.24, 2.45) is 0 Å². The second kappa shape index (κ2) is 27.9. The zero-order valence-electron chi connectivity index (χ0n) is 24.7. The Labute approximate surface area is 227 Å². The van der Waals surface area contributed by atoms with Crippen molar-refractivity contribution in [2.45, 2.75) is 218 Å². The quantitative estimate of drug-likeness (QED) is 0.341. The zero-order valence-corrected chi connectivity index (χ0v) is 24.7. The van der Waals surface area contributed by atoms with E-state index < -0.39 is 0 Å². The van der Waals surface area contributed by atoms with Gasteiger partial charge in [-0.2, -0.15) is 0 Å². The SMILES string of the molecule is OC1CCCCCCCCCCCCC1.OC1CCCCCCCCCCCCCCCCCCC1. The van der Waals surface area contributed by atoms with Crippen molar-refractivity contribution in [3.8, 4) is 0 Å². The lowest BCUT2D eigenvalue weighted by Gasteiger charge is -2.11. The summed E-state index contributed by atoms with van der Waals surface area (Å²) in [7, 11) is 0. The molecular weight excluding hydrogens is 440 g/mol. The molecule has 0 radical (unpaired) electrons. The van der Waals surface area contributed by atoms with Crippen molar-refractivity contribution < 1.29 is 10.2 Å². The lowest BCUT2D eigenvalue weighted by molar-refractivity contribution is 0.146. The zero-order chi connectivity index (χ0) is 25.8. The van der Waals surface area contributed by atoms with Gasteiger partial charge in [0, 0.05) is 0 Å². The molecule has 0 aromatic rings. The molecule has 0 aromatic carbocycles. The molecule has 0 saturated heterocycles. The highest BCUT2D eigenvalue weighted by Crippen LogP contribution is 2.18. The third-order valence-electron chi connectivity index (χ3n) is 8.65. The van der Waals surface area contributed by atoms with E-state index in [9.17, 15) is 10.2 Å². The summed E-state index contributed by atoms with van der Waals surface area (Å²) >= 11 is 0. The number of aliphatic hydroxyl groups is 2. The van der Waals surface area contributed by atoms with Crippen LogP contribution in [0.3, 0.4) is 0 Å². The standard InChI is InChI=1S/C20H40O.C14H28O/c21-20-18-16-14-12-10-8-6-4-2-1-3-5-7-9-11-13-15-17-19-20;15-14-12-10-8-6-4-2-1-3-5-7-9-11-13-14/h20-21H,1-19H2;14-15H,1-13H2. The topological polar surface area (TPSA) is 40.5 Å². The van der Waals surface area contributed by atoms with Crippen LogP contribution >= 0.6 is 0 Å². The van der Waals surface area contributed by atoms with Gasteiger partial charge < -0.3 is 10.2 Å². The first-order valence-electron chi connectivity index (χ1n) is 17.1. The molecule has 0 atom stereocenters. The molecule has 0 amide bonds. The van der Waals surface area contributed by atoms with Gasteiger partial charge in [-0.05, 0) is 25.7 Å². The molecule has 2 rings (SSSR count). The van der Waals surface area contributed by atoms with Crippen molar-refractivity contribution in [1.29, 1.82) is 0 Å². The van der Waals surface area contributed by atoms with Crippen molar-refractivity contribution >= 4 is 0 Å². The van der Waals surface area contributed by atoms with Crippen LogP contribution in [0.1, 0.15) is 205 Å². The third-order valence-corrected chi connectivity index (χ3v) is 8.65. The van der Waals surface area contributed by atoms with E-state index in [-0.39, 0.29) is 12.2 Å². The molecule has 2 aliphatic carbocycles. The molecule has 0 spiro atoms. The van der Waals surface area contributed by atoms with E-state index in [0.717, 1.165) is 25.7 Å². The van der Waals surface area contributed by atoms with Crippen LogP contribution < -0.4 is 0 Å². The lowest BCUT2D eigenvalue weighted by Crippen LogP contribution is -2.06. The first-order chi connectivity index (χ1) is 17.8. The number of hydrogen-bond donors (Lipinski definition) is 2. The van der Waals surface area contributed by atoms with Crippen molar-refractivity contribution in [3.05, 3.63) is 0 Å². The molecule has 36 heavy (non-hydrogen) atoms. The van der Waals surface area contributed by atoms with Gasteiger partial charge in [0.05, 0.1) is 12.2 Å². The fourth-order valence-electron chi connectivity index (χ4n) is 6.05. The van der Waals surface area contributed by atoms with E-state index in [4.69, 9.17) is 0 Å². The first-order valence-corrected chi connectivity index (χ1v) is 17.1. The highest BCUT2D eigenvalue weighted by Gasteiger charge is 2.05. The molecule has 2 nitrogen and oxygen atoms in total. The van der Waals surface area contributed by atoms with Crippen LogP contribution in [0, 0.1) is 0 Å². The summed E-state index contributed by atoms with van der Waals surface area (Å²) < 4.78 is 0. The van der Waals surface area contributed by atoms with E-state index in [1.165, 1.54) is 180 Å². The van der Waals surface area contributed by atoms with Gasteiger partial charge in [-0.25, -0.2) is 0 Å². The van der Waals surface area contributed by atoms with Gasteiger partial charge in [0.25, 0.3) is 0 Å². The molecule has 0 bridgehead atoms. The molecule has 2 fully saturated rings. The highest BCUT2D eigenvalue weighted by atomic mass is 16.3. The van der Waals surface area contributed by atoms with Gasteiger partial charge >= 0.3 is 0 Å². The molecule has 2 saturated carbocycles. The van der Waals surface area contributed by atoms with Crippen molar-refractivity contribution in [2.75, 3.05) is 0 Å². The van der Waals surface area contributed by atoms with Gasteiger partial charge in [0.2, 0.25) is 0 Å². The molecule has 2 N–H and O–H groups in total. The normalized spacial score (nSPS) is 24.5. The predicted octanol–water partition coefficient (Wildman–Crippen LogP) is 11.2. The Morgan fingerprint density at radius 3 is 0.444 bits per heavy atom. The second-order valence-electron chi connectivity index (χ2n) is 12.4. The van der Waals surface area contributed by atoms with E-state index in [0.29, 0.717) is 0 Å². The largest absolute Gasteiger partial charge is 0.393 e. The summed E-state index contributed by atoms with van der Waals surface area (Å²) in [6, 6.07) is 0. The average molecular weight is 509 g/mol. The Hall–Kier alpha value is -0.0800. The van der Waals surface area contributed by atoms with Crippen LogP contribution in [-0.2, 0) is 0 Å². The fourth-order valence-corrected chi connectivity index (χ4v) is 6.05. The van der Waals surface area contributed by atoms with Crippen molar-refractivity contribution in [3.63, 3.8) is 0 Å². The summed E-state index contributed by atoms with van der Waals surface area (Å²) in [6.45, 7) is 0. The minimum absolute atomic E-state index is 0.00654. The first kappa shape index (κ1) is 33.9. The van der Waals surface area contributed by atoms with E-state index in [1.807, 2.05) is 0 Å². The Bertz CT molecular complexity index is 376. The number of hydrogen-bond acceptors (Lipinski definition) is 2. The maximum Gasteiger partial charge on any atom is 0.0540 e. The van der Waals surface area contributed by atoms with E-state index in [2.05, 4.69) is 0 Å². The monoisotopic (exact) mass is 509 g/mol. The summed E-state index contributed by atoms with van der Waals surface area (Å²) in [4.78, 5) is 0. The summed E-state index contributed by atoms with van der Waals surface area (Å²) in [5.74, 6) is 0. The van der Waals surface area contributed by atoms with E-state index >= 15 is 0 Å². The van der Waals surface area contributed by atoms with Gasteiger partial charge in [-0.1, -0.05) is 180 Å². The number of rotatable bonds is 0. The van der Waals surface area contributed by atoms with E-state index in [1.54, 1.807) is 0 Å². The molecule has 216 valence electrons. The molecule has 0 aliphatic heterocycles. The molecule has 0 aromatic heterocycles. The average Bonchev–Trinajstić information content (AvgIpc) is 2.87. The van der Waals surface area contributed by atoms with Crippen LogP contribution in [0.4, 0.5) is 0 Å². The van der Waals surface area contributed by atoms with Crippen LogP contribution in [0.2, 0.25) is 0 Å². The molecule has 2 aliphatic rings. The summed E-state index contributed by atoms with van der Waals surface area (Å²) in [5, 5.41) is 19.7. The van der Waals surface area contributed by atoms with Crippen molar-refractivity contribution in [1.82, 2.24) is 0 Å². The minimum atomic E-state index is -0.0180. The van der Waals surface area contributed by atoms with Gasteiger partial charge in [0.1, 0.15) is 0 Å². The highest BCUT2D eigenvalue weighted by molar-refractivity contribution is 4.59. The molecule has 2 heteroatoms. The third kappa shape index (κ3) is 25.6. The predicted molar refractivity (Wildman–Crippen MR) is 160 cm³/mol. The van der Waals surface area contributed by atoms with Crippen LogP contribution in [0.15, 0.2) is 0 Å². The maximum atomic E-state index is 9.97. The molecular formula is C34H68O2. The molecule has 0 unspecified atom stereocenters. The smallest absolute Gasteiger partial charge is 0.0540 e. The van der Waals surface area contributed by atoms with Gasteiger partial charge in [0.15, 0.2) is 0 Å².